The Kier molecular flexibility index (Phi) is 6.20. The Labute approximate surface area is 116 Å². The molecule has 0 radical (unpaired) electrons. The third kappa shape index (κ3) is 5.01. The zero-order valence-corrected chi connectivity index (χ0v) is 12.6. The maximum atomic E-state index is 11.9. The number of alkyl halides is 1. The number of allylic oxidation sites excluding steroid dienone is 1. The van der Waals surface area contributed by atoms with Crippen LogP contribution in [0.2, 0.25) is 0 Å². The van der Waals surface area contributed by atoms with Gasteiger partial charge in [0.1, 0.15) is 0 Å². The van der Waals surface area contributed by atoms with Crippen LogP contribution in [0.4, 0.5) is 0 Å². The number of hydrogen-bond acceptors (Lipinski definition) is 1. The van der Waals surface area contributed by atoms with Crippen molar-refractivity contribution in [2.75, 3.05) is 12.4 Å². The molecule has 1 amide bonds. The summed E-state index contributed by atoms with van der Waals surface area (Å²) in [5.41, 5.74) is 0.379. The van der Waals surface area contributed by atoms with Gasteiger partial charge in [-0.25, -0.2) is 0 Å². The lowest BCUT2D eigenvalue weighted by molar-refractivity contribution is -0.126. The largest absolute Gasteiger partial charge is 0.352 e. The second kappa shape index (κ2) is 7.18. The van der Waals surface area contributed by atoms with Crippen molar-refractivity contribution in [3.63, 3.8) is 0 Å². The van der Waals surface area contributed by atoms with Gasteiger partial charge in [0.15, 0.2) is 0 Å². The van der Waals surface area contributed by atoms with Crippen LogP contribution in [0.3, 0.4) is 0 Å². The van der Waals surface area contributed by atoms with Crippen molar-refractivity contribution < 1.29 is 4.79 Å². The highest BCUT2D eigenvalue weighted by atomic mass is 35.5. The normalized spacial score (nSPS) is 25.3. The Morgan fingerprint density at radius 2 is 1.83 bits per heavy atom. The third-order valence-corrected chi connectivity index (χ3v) is 4.15. The van der Waals surface area contributed by atoms with Crippen molar-refractivity contribution in [3.8, 4) is 0 Å². The number of carbonyl (C=O) groups excluding carboxylic acids is 1. The van der Waals surface area contributed by atoms with E-state index in [0.717, 1.165) is 18.8 Å². The van der Waals surface area contributed by atoms with Crippen molar-refractivity contribution in [2.24, 2.45) is 17.3 Å². The molecule has 0 aliphatic heterocycles. The number of nitrogens with one attached hydrogen (secondary N) is 1. The van der Waals surface area contributed by atoms with Gasteiger partial charge >= 0.3 is 0 Å². The van der Waals surface area contributed by atoms with E-state index in [9.17, 15) is 4.79 Å². The van der Waals surface area contributed by atoms with E-state index in [1.165, 1.54) is 12.8 Å². The highest BCUT2D eigenvalue weighted by Gasteiger charge is 2.31. The second-order valence-corrected chi connectivity index (χ2v) is 6.59. The molecule has 1 rings (SSSR count). The summed E-state index contributed by atoms with van der Waals surface area (Å²) in [4.78, 5) is 11.9. The first-order valence-electron chi connectivity index (χ1n) is 6.94. The Hall–Kier alpha value is -0.500. The van der Waals surface area contributed by atoms with Gasteiger partial charge < -0.3 is 5.32 Å². The minimum Gasteiger partial charge on any atom is -0.352 e. The molecule has 0 aromatic carbocycles. The summed E-state index contributed by atoms with van der Waals surface area (Å²) in [6.45, 7) is 7.50. The summed E-state index contributed by atoms with van der Waals surface area (Å²) >= 11 is 5.52. The zero-order chi connectivity index (χ0) is 13.6. The van der Waals surface area contributed by atoms with Gasteiger partial charge in [-0.05, 0) is 37.0 Å². The molecule has 0 aromatic rings. The second-order valence-electron chi connectivity index (χ2n) is 6.29. The van der Waals surface area contributed by atoms with E-state index in [1.807, 2.05) is 12.2 Å². The van der Waals surface area contributed by atoms with Crippen LogP contribution in [0.5, 0.6) is 0 Å². The van der Waals surface area contributed by atoms with Crippen molar-refractivity contribution in [2.45, 2.75) is 46.5 Å². The smallest absolute Gasteiger partial charge is 0.223 e. The minimum absolute atomic E-state index is 0.210. The topological polar surface area (TPSA) is 29.1 Å². The van der Waals surface area contributed by atoms with Gasteiger partial charge in [-0.15, -0.1) is 11.6 Å². The molecular weight excluding hydrogens is 246 g/mol. The van der Waals surface area contributed by atoms with Gasteiger partial charge in [-0.2, -0.15) is 0 Å². The van der Waals surface area contributed by atoms with Crippen LogP contribution >= 0.6 is 11.6 Å². The average Bonchev–Trinajstić information content (AvgIpc) is 2.33. The number of hydrogen-bond donors (Lipinski definition) is 1. The van der Waals surface area contributed by atoms with Gasteiger partial charge in [0.05, 0.1) is 0 Å². The number of amides is 1. The molecule has 1 fully saturated rings. The van der Waals surface area contributed by atoms with E-state index < -0.39 is 0 Å². The molecule has 18 heavy (non-hydrogen) atoms. The third-order valence-electron chi connectivity index (χ3n) is 3.97. The molecule has 2 nitrogen and oxygen atoms in total. The van der Waals surface area contributed by atoms with Crippen molar-refractivity contribution in [1.29, 1.82) is 0 Å². The van der Waals surface area contributed by atoms with E-state index >= 15 is 0 Å². The summed E-state index contributed by atoms with van der Waals surface area (Å²) < 4.78 is 0. The Bertz CT molecular complexity index is 285. The van der Waals surface area contributed by atoms with Crippen LogP contribution in [0.25, 0.3) is 0 Å². The summed E-state index contributed by atoms with van der Waals surface area (Å²) in [5.74, 6) is 1.69. The van der Waals surface area contributed by atoms with Crippen LogP contribution in [0, 0.1) is 17.3 Å². The molecule has 0 heterocycles. The molecular formula is C15H26ClNO. The van der Waals surface area contributed by atoms with Crippen LogP contribution in [0.1, 0.15) is 46.5 Å². The SMILES string of the molecule is CC(C)(C)C1CCC(C(=O)NC/C=C/CCl)CC1. The van der Waals surface area contributed by atoms with E-state index in [4.69, 9.17) is 11.6 Å². The number of rotatable bonds is 4. The van der Waals surface area contributed by atoms with Crippen molar-refractivity contribution >= 4 is 17.5 Å². The molecule has 1 aliphatic carbocycles. The first-order chi connectivity index (χ1) is 8.45. The molecule has 0 aromatic heterocycles. The minimum atomic E-state index is 0.210. The summed E-state index contributed by atoms with van der Waals surface area (Å²) in [5, 5.41) is 2.96. The van der Waals surface area contributed by atoms with Gasteiger partial charge in [-0.3, -0.25) is 4.79 Å². The number of carbonyl (C=O) groups is 1. The Balaban J connectivity index is 2.30. The van der Waals surface area contributed by atoms with Gasteiger partial charge in [0, 0.05) is 18.3 Å². The fourth-order valence-corrected chi connectivity index (χ4v) is 2.80. The quantitative estimate of drug-likeness (QED) is 0.612. The fraction of sp³-hybridized carbons (Fsp3) is 0.800. The number of halogens is 1. The molecule has 0 saturated heterocycles. The first-order valence-corrected chi connectivity index (χ1v) is 7.47. The predicted octanol–water partition coefficient (Wildman–Crippen LogP) is 3.75. The average molecular weight is 272 g/mol. The molecule has 0 bridgehead atoms. The zero-order valence-electron chi connectivity index (χ0n) is 11.8. The lowest BCUT2D eigenvalue weighted by Gasteiger charge is -2.36. The predicted molar refractivity (Wildman–Crippen MR) is 77.8 cm³/mol. The summed E-state index contributed by atoms with van der Waals surface area (Å²) in [6, 6.07) is 0. The molecule has 1 saturated carbocycles. The van der Waals surface area contributed by atoms with E-state index in [-0.39, 0.29) is 11.8 Å². The molecule has 3 heteroatoms. The van der Waals surface area contributed by atoms with Crippen molar-refractivity contribution in [1.82, 2.24) is 5.32 Å². The Morgan fingerprint density at radius 3 is 2.33 bits per heavy atom. The van der Waals surface area contributed by atoms with E-state index in [2.05, 4.69) is 26.1 Å². The highest BCUT2D eigenvalue weighted by molar-refractivity contribution is 6.18. The summed E-state index contributed by atoms with van der Waals surface area (Å²) in [7, 11) is 0. The maximum absolute atomic E-state index is 11.9. The maximum Gasteiger partial charge on any atom is 0.223 e. The van der Waals surface area contributed by atoms with Gasteiger partial charge in [0.25, 0.3) is 0 Å². The molecule has 1 aliphatic rings. The van der Waals surface area contributed by atoms with Gasteiger partial charge in [0.2, 0.25) is 5.91 Å². The highest BCUT2D eigenvalue weighted by Crippen LogP contribution is 2.39. The molecule has 0 atom stereocenters. The lowest BCUT2D eigenvalue weighted by atomic mass is 9.70. The molecule has 104 valence electrons. The van der Waals surface area contributed by atoms with Crippen LogP contribution < -0.4 is 5.32 Å². The molecule has 0 spiro atoms. The van der Waals surface area contributed by atoms with E-state index in [1.54, 1.807) is 0 Å². The lowest BCUT2D eigenvalue weighted by Crippen LogP contribution is -2.35. The first kappa shape index (κ1) is 15.6. The molecule has 0 unspecified atom stereocenters. The van der Waals surface area contributed by atoms with Crippen LogP contribution in [-0.4, -0.2) is 18.3 Å². The van der Waals surface area contributed by atoms with Gasteiger partial charge in [-0.1, -0.05) is 32.9 Å². The van der Waals surface area contributed by atoms with Crippen molar-refractivity contribution in [3.05, 3.63) is 12.2 Å². The Morgan fingerprint density at radius 1 is 1.22 bits per heavy atom. The van der Waals surface area contributed by atoms with E-state index in [0.29, 0.717) is 17.8 Å². The van der Waals surface area contributed by atoms with Crippen LogP contribution in [0.15, 0.2) is 12.2 Å². The fourth-order valence-electron chi connectivity index (χ4n) is 2.67. The summed E-state index contributed by atoms with van der Waals surface area (Å²) in [6.07, 6.45) is 8.20. The monoisotopic (exact) mass is 271 g/mol. The molecule has 1 N–H and O–H groups in total. The standard InChI is InChI=1S/C15H26ClNO/c1-15(2,3)13-8-6-12(7-9-13)14(18)17-11-5-4-10-16/h4-5,12-13H,6-11H2,1-3H3,(H,17,18)/b5-4+. The van der Waals surface area contributed by atoms with Crippen LogP contribution in [-0.2, 0) is 4.79 Å².